The molecule has 1 atom stereocenters. The molecule has 1 fully saturated rings. The number of rotatable bonds is 3. The molecule has 0 spiro atoms. The fourth-order valence-electron chi connectivity index (χ4n) is 3.53. The van der Waals surface area contributed by atoms with Crippen LogP contribution in [0.25, 0.3) is 11.3 Å². The summed E-state index contributed by atoms with van der Waals surface area (Å²) in [7, 11) is 0. The smallest absolute Gasteiger partial charge is 0.256 e. The van der Waals surface area contributed by atoms with Crippen molar-refractivity contribution < 1.29 is 18.0 Å². The molecule has 4 rings (SSSR count). The summed E-state index contributed by atoms with van der Waals surface area (Å²) in [5.74, 6) is -2.69. The fraction of sp³-hybridized carbons (Fsp3) is 0.238. The molecule has 4 nitrogen and oxygen atoms in total. The molecule has 1 aliphatic rings. The third kappa shape index (κ3) is 3.52. The van der Waals surface area contributed by atoms with Gasteiger partial charge < -0.3 is 9.47 Å². The molecule has 1 saturated heterocycles. The van der Waals surface area contributed by atoms with E-state index in [2.05, 4.69) is 4.98 Å². The molecule has 2 aromatic carbocycles. The van der Waals surface area contributed by atoms with Gasteiger partial charge in [0.2, 0.25) is 0 Å². The first kappa shape index (κ1) is 18.3. The summed E-state index contributed by atoms with van der Waals surface area (Å²) in [6, 6.07) is 9.59. The minimum Gasteiger partial charge on any atom is -0.336 e. The lowest BCUT2D eigenvalue weighted by atomic mass is 10.0. The minimum absolute atomic E-state index is 0.0176. The van der Waals surface area contributed by atoms with Crippen LogP contribution in [0.3, 0.4) is 0 Å². The maximum Gasteiger partial charge on any atom is 0.256 e. The molecule has 1 unspecified atom stereocenters. The van der Waals surface area contributed by atoms with Gasteiger partial charge >= 0.3 is 0 Å². The second-order valence-electron chi connectivity index (χ2n) is 6.86. The van der Waals surface area contributed by atoms with Gasteiger partial charge in [-0.15, -0.1) is 0 Å². The Morgan fingerprint density at radius 1 is 1.04 bits per heavy atom. The lowest BCUT2D eigenvalue weighted by Gasteiger charge is -2.33. The van der Waals surface area contributed by atoms with E-state index in [1.54, 1.807) is 29.6 Å². The third-order valence-corrected chi connectivity index (χ3v) is 5.03. The Morgan fingerprint density at radius 2 is 1.86 bits per heavy atom. The molecule has 1 aromatic heterocycles. The van der Waals surface area contributed by atoms with Gasteiger partial charge in [0.25, 0.3) is 5.91 Å². The minimum atomic E-state index is -0.925. The molecule has 2 heterocycles. The monoisotopic (exact) mass is 385 g/mol. The number of hydrogen-bond acceptors (Lipinski definition) is 2. The van der Waals surface area contributed by atoms with E-state index in [1.165, 1.54) is 18.2 Å². The number of nitrogens with zero attached hydrogens (tertiary/aromatic N) is 3. The highest BCUT2D eigenvalue weighted by atomic mass is 19.2. The first-order chi connectivity index (χ1) is 13.5. The van der Waals surface area contributed by atoms with Crippen LogP contribution < -0.4 is 0 Å². The van der Waals surface area contributed by atoms with Crippen molar-refractivity contribution >= 4 is 5.91 Å². The molecule has 0 N–H and O–H groups in total. The SMILES string of the molecule is O=C(c1ccccc1F)N1CCCC(n2cnc(-c3ccc(F)c(F)c3)c2)C1. The van der Waals surface area contributed by atoms with Crippen LogP contribution in [0.4, 0.5) is 13.2 Å². The third-order valence-electron chi connectivity index (χ3n) is 5.03. The van der Waals surface area contributed by atoms with Gasteiger partial charge in [-0.05, 0) is 43.2 Å². The van der Waals surface area contributed by atoms with Gasteiger partial charge in [0, 0.05) is 24.8 Å². The Balaban J connectivity index is 1.52. The van der Waals surface area contributed by atoms with Crippen molar-refractivity contribution in [2.75, 3.05) is 13.1 Å². The molecular formula is C21H18F3N3O. The molecule has 0 saturated carbocycles. The van der Waals surface area contributed by atoms with Crippen LogP contribution in [0.1, 0.15) is 29.2 Å². The fourth-order valence-corrected chi connectivity index (χ4v) is 3.53. The van der Waals surface area contributed by atoms with Crippen molar-refractivity contribution in [3.63, 3.8) is 0 Å². The van der Waals surface area contributed by atoms with Crippen molar-refractivity contribution in [1.82, 2.24) is 14.5 Å². The average Bonchev–Trinajstić information content (AvgIpc) is 3.20. The van der Waals surface area contributed by atoms with Crippen LogP contribution in [0.15, 0.2) is 55.0 Å². The van der Waals surface area contributed by atoms with Crippen LogP contribution in [-0.2, 0) is 0 Å². The predicted octanol–water partition coefficient (Wildman–Crippen LogP) is 4.44. The summed E-state index contributed by atoms with van der Waals surface area (Å²) in [5.41, 5.74) is 1.07. The molecule has 0 radical (unpaired) electrons. The van der Waals surface area contributed by atoms with E-state index >= 15 is 0 Å². The van der Waals surface area contributed by atoms with Crippen molar-refractivity contribution in [3.05, 3.63) is 78.0 Å². The van der Waals surface area contributed by atoms with Gasteiger partial charge in [-0.2, -0.15) is 0 Å². The topological polar surface area (TPSA) is 38.1 Å². The molecule has 0 bridgehead atoms. The molecule has 28 heavy (non-hydrogen) atoms. The number of aromatic nitrogens is 2. The summed E-state index contributed by atoms with van der Waals surface area (Å²) < 4.78 is 42.4. The number of imidazole rings is 1. The van der Waals surface area contributed by atoms with Crippen molar-refractivity contribution in [2.45, 2.75) is 18.9 Å². The van der Waals surface area contributed by atoms with Gasteiger partial charge in [0.05, 0.1) is 23.6 Å². The van der Waals surface area contributed by atoms with E-state index in [0.717, 1.165) is 25.0 Å². The Hall–Kier alpha value is -3.09. The quantitative estimate of drug-likeness (QED) is 0.668. The van der Waals surface area contributed by atoms with Crippen molar-refractivity contribution in [3.8, 4) is 11.3 Å². The zero-order valence-electron chi connectivity index (χ0n) is 15.0. The highest BCUT2D eigenvalue weighted by Crippen LogP contribution is 2.26. The number of hydrogen-bond donors (Lipinski definition) is 0. The lowest BCUT2D eigenvalue weighted by Crippen LogP contribution is -2.40. The van der Waals surface area contributed by atoms with Crippen LogP contribution in [-0.4, -0.2) is 33.4 Å². The van der Waals surface area contributed by atoms with E-state index in [4.69, 9.17) is 0 Å². The predicted molar refractivity (Wildman–Crippen MR) is 98.2 cm³/mol. The van der Waals surface area contributed by atoms with Crippen molar-refractivity contribution in [2.24, 2.45) is 0 Å². The molecule has 3 aromatic rings. The molecule has 7 heteroatoms. The standard InChI is InChI=1S/C21H18F3N3O/c22-17-6-2-1-5-16(17)21(28)26-9-3-4-15(11-26)27-12-20(25-13-27)14-7-8-18(23)19(24)10-14/h1-2,5-8,10,12-13,15H,3-4,9,11H2. The van der Waals surface area contributed by atoms with Gasteiger partial charge in [-0.25, -0.2) is 18.2 Å². The zero-order chi connectivity index (χ0) is 19.7. The number of carbonyl (C=O) groups excluding carboxylic acids is 1. The van der Waals surface area contributed by atoms with E-state index in [9.17, 15) is 18.0 Å². The lowest BCUT2D eigenvalue weighted by molar-refractivity contribution is 0.0674. The van der Waals surface area contributed by atoms with E-state index in [1.807, 2.05) is 4.57 Å². The Morgan fingerprint density at radius 3 is 2.64 bits per heavy atom. The number of likely N-dealkylation sites (tertiary alicyclic amines) is 1. The number of halogens is 3. The second-order valence-corrected chi connectivity index (χ2v) is 6.86. The molecule has 144 valence electrons. The molecule has 1 aliphatic heterocycles. The van der Waals surface area contributed by atoms with Crippen LogP contribution in [0, 0.1) is 17.5 Å². The number of carbonyl (C=O) groups is 1. The first-order valence-corrected chi connectivity index (χ1v) is 9.05. The molecular weight excluding hydrogens is 367 g/mol. The van der Waals surface area contributed by atoms with Crippen LogP contribution >= 0.6 is 0 Å². The van der Waals surface area contributed by atoms with Crippen LogP contribution in [0.5, 0.6) is 0 Å². The van der Waals surface area contributed by atoms with Gasteiger partial charge in [0.1, 0.15) is 5.82 Å². The summed E-state index contributed by atoms with van der Waals surface area (Å²) in [6.07, 6.45) is 5.00. The number of piperidine rings is 1. The maximum absolute atomic E-state index is 13.9. The molecule has 1 amide bonds. The van der Waals surface area contributed by atoms with Gasteiger partial charge in [0.15, 0.2) is 11.6 Å². The maximum atomic E-state index is 13.9. The van der Waals surface area contributed by atoms with Gasteiger partial charge in [-0.1, -0.05) is 12.1 Å². The normalized spacial score (nSPS) is 17.0. The Bertz CT molecular complexity index is 1020. The number of benzene rings is 2. The number of amides is 1. The summed E-state index contributed by atoms with van der Waals surface area (Å²) in [4.78, 5) is 18.6. The van der Waals surface area contributed by atoms with Crippen molar-refractivity contribution in [1.29, 1.82) is 0 Å². The summed E-state index contributed by atoms with van der Waals surface area (Å²) >= 11 is 0. The van der Waals surface area contributed by atoms with Gasteiger partial charge in [-0.3, -0.25) is 4.79 Å². The van der Waals surface area contributed by atoms with Crippen LogP contribution in [0.2, 0.25) is 0 Å². The van der Waals surface area contributed by atoms with E-state index in [0.29, 0.717) is 24.3 Å². The summed E-state index contributed by atoms with van der Waals surface area (Å²) in [5, 5.41) is 0. The Labute approximate surface area is 160 Å². The highest BCUT2D eigenvalue weighted by molar-refractivity contribution is 5.94. The largest absolute Gasteiger partial charge is 0.336 e. The van der Waals surface area contributed by atoms with E-state index < -0.39 is 17.5 Å². The first-order valence-electron chi connectivity index (χ1n) is 9.05. The Kier molecular flexibility index (Phi) is 4.90. The summed E-state index contributed by atoms with van der Waals surface area (Å²) in [6.45, 7) is 0.995. The second kappa shape index (κ2) is 7.50. The highest BCUT2D eigenvalue weighted by Gasteiger charge is 2.27. The molecule has 0 aliphatic carbocycles. The zero-order valence-corrected chi connectivity index (χ0v) is 15.0. The van der Waals surface area contributed by atoms with E-state index in [-0.39, 0.29) is 17.5 Å². The average molecular weight is 385 g/mol.